The first kappa shape index (κ1) is 14.6. The lowest BCUT2D eigenvalue weighted by Gasteiger charge is -2.47. The van der Waals surface area contributed by atoms with E-state index in [1.165, 1.54) is 18.4 Å². The van der Waals surface area contributed by atoms with Crippen molar-refractivity contribution in [3.63, 3.8) is 0 Å². The van der Waals surface area contributed by atoms with E-state index in [1.807, 2.05) is 0 Å². The minimum absolute atomic E-state index is 0.446. The van der Waals surface area contributed by atoms with E-state index in [2.05, 4.69) is 69.9 Å². The Morgan fingerprint density at radius 3 is 2.00 bits per heavy atom. The van der Waals surface area contributed by atoms with Crippen LogP contribution in [0.2, 0.25) is 0 Å². The maximum atomic E-state index is 2.68. The monoisotopic (exact) mass is 259 g/mol. The molecule has 1 heterocycles. The van der Waals surface area contributed by atoms with Crippen LogP contribution in [0.4, 0.5) is 0 Å². The number of piperidine rings is 1. The number of nitrogens with zero attached hydrogens (tertiary/aromatic N) is 1. The first-order chi connectivity index (χ1) is 8.88. The fourth-order valence-electron chi connectivity index (χ4n) is 3.44. The molecule has 0 radical (unpaired) electrons. The second-order valence-electron chi connectivity index (χ2n) is 7.39. The molecular formula is C18H29N. The van der Waals surface area contributed by atoms with E-state index in [4.69, 9.17) is 0 Å². The van der Waals surface area contributed by atoms with E-state index in [0.717, 1.165) is 12.5 Å². The fourth-order valence-corrected chi connectivity index (χ4v) is 3.44. The van der Waals surface area contributed by atoms with E-state index < -0.39 is 0 Å². The molecule has 1 aliphatic heterocycles. The Bertz CT molecular complexity index is 378. The van der Waals surface area contributed by atoms with Gasteiger partial charge in [-0.25, -0.2) is 0 Å². The molecular weight excluding hydrogens is 230 g/mol. The average Bonchev–Trinajstić information content (AvgIpc) is 2.33. The van der Waals surface area contributed by atoms with Gasteiger partial charge >= 0.3 is 0 Å². The van der Waals surface area contributed by atoms with Crippen molar-refractivity contribution in [2.24, 2.45) is 11.3 Å². The van der Waals surface area contributed by atoms with Crippen molar-refractivity contribution in [1.82, 2.24) is 4.90 Å². The largest absolute Gasteiger partial charge is 0.294 e. The summed E-state index contributed by atoms with van der Waals surface area (Å²) in [6.07, 6.45) is 2.67. The van der Waals surface area contributed by atoms with Gasteiger partial charge in [-0.2, -0.15) is 0 Å². The third kappa shape index (κ3) is 3.60. The summed E-state index contributed by atoms with van der Waals surface area (Å²) in [5.74, 6) is 0.851. The van der Waals surface area contributed by atoms with Gasteiger partial charge in [-0.1, -0.05) is 51.1 Å². The molecule has 2 rings (SSSR count). The highest BCUT2D eigenvalue weighted by Gasteiger charge is 2.36. The molecule has 2 atom stereocenters. The molecule has 0 N–H and O–H groups in total. The Balaban J connectivity index is 2.04. The van der Waals surface area contributed by atoms with Gasteiger partial charge in [-0.05, 0) is 43.6 Å². The fraction of sp³-hybridized carbons (Fsp3) is 0.667. The van der Waals surface area contributed by atoms with Crippen molar-refractivity contribution in [2.75, 3.05) is 0 Å². The number of hydrogen-bond donors (Lipinski definition) is 0. The summed E-state index contributed by atoms with van der Waals surface area (Å²) < 4.78 is 0. The Morgan fingerprint density at radius 1 is 1.00 bits per heavy atom. The first-order valence-electron chi connectivity index (χ1n) is 7.67. The summed E-state index contributed by atoms with van der Waals surface area (Å²) in [6, 6.07) is 12.3. The lowest BCUT2D eigenvalue weighted by molar-refractivity contribution is 0.0234. The van der Waals surface area contributed by atoms with Gasteiger partial charge in [-0.3, -0.25) is 4.90 Å². The lowest BCUT2D eigenvalue weighted by Crippen LogP contribution is -2.48. The zero-order valence-corrected chi connectivity index (χ0v) is 13.2. The van der Waals surface area contributed by atoms with Gasteiger partial charge in [0, 0.05) is 18.6 Å². The van der Waals surface area contributed by atoms with Crippen LogP contribution in [-0.4, -0.2) is 17.0 Å². The normalized spacial score (nSPS) is 29.4. The number of rotatable bonds is 2. The molecule has 0 aliphatic carbocycles. The number of hydrogen-bond acceptors (Lipinski definition) is 1. The summed E-state index contributed by atoms with van der Waals surface area (Å²) in [6.45, 7) is 13.1. The molecule has 1 saturated heterocycles. The predicted molar refractivity (Wildman–Crippen MR) is 83.1 cm³/mol. The van der Waals surface area contributed by atoms with E-state index in [9.17, 15) is 0 Å². The molecule has 0 aromatic heterocycles. The minimum atomic E-state index is 0.446. The van der Waals surface area contributed by atoms with Crippen LogP contribution >= 0.6 is 0 Å². The Labute approximate surface area is 119 Å². The molecule has 1 nitrogen and oxygen atoms in total. The highest BCUT2D eigenvalue weighted by atomic mass is 15.2. The van der Waals surface area contributed by atoms with Crippen molar-refractivity contribution in [3.8, 4) is 0 Å². The summed E-state index contributed by atoms with van der Waals surface area (Å²) in [5, 5.41) is 0. The third-order valence-electron chi connectivity index (χ3n) is 4.82. The van der Waals surface area contributed by atoms with Crippen molar-refractivity contribution in [1.29, 1.82) is 0 Å². The first-order valence-corrected chi connectivity index (χ1v) is 7.67. The molecule has 106 valence electrons. The van der Waals surface area contributed by atoms with Gasteiger partial charge in [0.15, 0.2) is 0 Å². The Hall–Kier alpha value is -0.820. The number of benzene rings is 1. The van der Waals surface area contributed by atoms with Crippen molar-refractivity contribution < 1.29 is 0 Å². The minimum Gasteiger partial charge on any atom is -0.294 e. The van der Waals surface area contributed by atoms with Crippen LogP contribution in [-0.2, 0) is 6.54 Å². The average molecular weight is 259 g/mol. The zero-order chi connectivity index (χ0) is 14.0. The molecule has 0 bridgehead atoms. The van der Waals surface area contributed by atoms with Gasteiger partial charge in [0.2, 0.25) is 0 Å². The maximum absolute atomic E-state index is 2.68. The molecule has 19 heavy (non-hydrogen) atoms. The van der Waals surface area contributed by atoms with Gasteiger partial charge in [-0.15, -0.1) is 0 Å². The van der Waals surface area contributed by atoms with Crippen LogP contribution in [0.1, 0.15) is 53.0 Å². The van der Waals surface area contributed by atoms with Crippen LogP contribution in [0.3, 0.4) is 0 Å². The van der Waals surface area contributed by atoms with Crippen LogP contribution in [0, 0.1) is 11.3 Å². The summed E-state index contributed by atoms with van der Waals surface area (Å²) in [5.41, 5.74) is 1.89. The Kier molecular flexibility index (Phi) is 4.35. The summed E-state index contributed by atoms with van der Waals surface area (Å²) in [7, 11) is 0. The zero-order valence-electron chi connectivity index (χ0n) is 13.2. The van der Waals surface area contributed by atoms with Crippen molar-refractivity contribution in [2.45, 2.75) is 66.1 Å². The second-order valence-corrected chi connectivity index (χ2v) is 7.39. The van der Waals surface area contributed by atoms with E-state index in [-0.39, 0.29) is 0 Å². The molecule has 0 spiro atoms. The molecule has 1 fully saturated rings. The van der Waals surface area contributed by atoms with Gasteiger partial charge < -0.3 is 0 Å². The molecule has 1 aliphatic rings. The number of likely N-dealkylation sites (tertiary alicyclic amines) is 1. The summed E-state index contributed by atoms with van der Waals surface area (Å²) in [4.78, 5) is 2.68. The quantitative estimate of drug-likeness (QED) is 0.742. The van der Waals surface area contributed by atoms with Crippen LogP contribution in [0.15, 0.2) is 30.3 Å². The predicted octanol–water partition coefficient (Wildman–Crippen LogP) is 4.72. The van der Waals surface area contributed by atoms with E-state index in [1.54, 1.807) is 0 Å². The Morgan fingerprint density at radius 2 is 1.53 bits per heavy atom. The van der Waals surface area contributed by atoms with Crippen LogP contribution in [0.25, 0.3) is 0 Å². The molecule has 1 aromatic carbocycles. The van der Waals surface area contributed by atoms with Gasteiger partial charge in [0.25, 0.3) is 0 Å². The molecule has 1 aromatic rings. The second kappa shape index (κ2) is 5.66. The standard InChI is InChI=1S/C18H29N/c1-14-11-17(18(3,4)5)12-15(2)19(14)13-16-9-7-6-8-10-16/h6-10,14-15,17H,11-13H2,1-5H3. The van der Waals surface area contributed by atoms with Crippen LogP contribution in [0.5, 0.6) is 0 Å². The van der Waals surface area contributed by atoms with Gasteiger partial charge in [0.1, 0.15) is 0 Å². The summed E-state index contributed by atoms with van der Waals surface area (Å²) >= 11 is 0. The molecule has 0 saturated carbocycles. The molecule has 2 unspecified atom stereocenters. The maximum Gasteiger partial charge on any atom is 0.0239 e. The third-order valence-corrected chi connectivity index (χ3v) is 4.82. The highest BCUT2D eigenvalue weighted by Crippen LogP contribution is 2.39. The molecule has 0 amide bonds. The lowest BCUT2D eigenvalue weighted by atomic mass is 9.71. The van der Waals surface area contributed by atoms with Crippen molar-refractivity contribution in [3.05, 3.63) is 35.9 Å². The highest BCUT2D eigenvalue weighted by molar-refractivity contribution is 5.15. The van der Waals surface area contributed by atoms with Crippen molar-refractivity contribution >= 4 is 0 Å². The molecule has 1 heteroatoms. The van der Waals surface area contributed by atoms with E-state index >= 15 is 0 Å². The topological polar surface area (TPSA) is 3.24 Å². The van der Waals surface area contributed by atoms with Gasteiger partial charge in [0.05, 0.1) is 0 Å². The van der Waals surface area contributed by atoms with Crippen LogP contribution < -0.4 is 0 Å². The smallest absolute Gasteiger partial charge is 0.0239 e. The SMILES string of the molecule is CC1CC(C(C)(C)C)CC(C)N1Cc1ccccc1. The van der Waals surface area contributed by atoms with E-state index in [0.29, 0.717) is 17.5 Å².